The monoisotopic (exact) mass is 257 g/mol. The molecule has 0 radical (unpaired) electrons. The number of hydrogen-bond acceptors (Lipinski definition) is 2. The Hall–Kier alpha value is -1.87. The Morgan fingerprint density at radius 2 is 2.00 bits per heavy atom. The first-order valence-electron chi connectivity index (χ1n) is 5.83. The average molecular weight is 257 g/mol. The molecular weight excluding hydrogens is 242 g/mol. The summed E-state index contributed by atoms with van der Waals surface area (Å²) >= 11 is 1.65. The van der Waals surface area contributed by atoms with E-state index in [1.54, 1.807) is 23.5 Å². The SMILES string of the molecule is CC=CC(=O)NC(c1ccccc1)c1cccs1. The molecule has 0 aliphatic rings. The number of hydrogen-bond donors (Lipinski definition) is 1. The highest BCUT2D eigenvalue weighted by molar-refractivity contribution is 7.10. The van der Waals surface area contributed by atoms with E-state index in [2.05, 4.69) is 5.32 Å². The predicted molar refractivity (Wildman–Crippen MR) is 75.6 cm³/mol. The summed E-state index contributed by atoms with van der Waals surface area (Å²) < 4.78 is 0. The standard InChI is InChI=1S/C15H15NOS/c1-2-7-14(17)16-15(13-10-6-11-18-13)12-8-4-3-5-9-12/h2-11,15H,1H3,(H,16,17). The summed E-state index contributed by atoms with van der Waals surface area (Å²) in [5.74, 6) is -0.0697. The first-order chi connectivity index (χ1) is 8.81. The highest BCUT2D eigenvalue weighted by Crippen LogP contribution is 2.25. The van der Waals surface area contributed by atoms with E-state index in [0.717, 1.165) is 10.4 Å². The molecule has 0 aliphatic carbocycles. The minimum Gasteiger partial charge on any atom is -0.341 e. The fraction of sp³-hybridized carbons (Fsp3) is 0.133. The van der Waals surface area contributed by atoms with Crippen molar-refractivity contribution < 1.29 is 4.79 Å². The molecule has 1 atom stereocenters. The number of carbonyl (C=O) groups is 1. The van der Waals surface area contributed by atoms with Crippen LogP contribution >= 0.6 is 11.3 Å². The first-order valence-corrected chi connectivity index (χ1v) is 6.71. The van der Waals surface area contributed by atoms with Gasteiger partial charge in [0.2, 0.25) is 5.91 Å². The van der Waals surface area contributed by atoms with Crippen LogP contribution in [0, 0.1) is 0 Å². The molecule has 18 heavy (non-hydrogen) atoms. The third-order valence-corrected chi connectivity index (χ3v) is 3.50. The normalized spacial score (nSPS) is 12.5. The van der Waals surface area contributed by atoms with Crippen molar-refractivity contribution in [1.29, 1.82) is 0 Å². The van der Waals surface area contributed by atoms with E-state index in [1.807, 2.05) is 54.8 Å². The first kappa shape index (κ1) is 12.6. The van der Waals surface area contributed by atoms with Crippen molar-refractivity contribution in [2.75, 3.05) is 0 Å². The summed E-state index contributed by atoms with van der Waals surface area (Å²) in [4.78, 5) is 12.9. The molecule has 92 valence electrons. The van der Waals surface area contributed by atoms with Crippen LogP contribution < -0.4 is 5.32 Å². The fourth-order valence-corrected chi connectivity index (χ4v) is 2.56. The van der Waals surface area contributed by atoms with E-state index in [9.17, 15) is 4.79 Å². The van der Waals surface area contributed by atoms with E-state index in [4.69, 9.17) is 0 Å². The molecule has 0 fully saturated rings. The zero-order valence-electron chi connectivity index (χ0n) is 10.2. The van der Waals surface area contributed by atoms with Crippen LogP contribution in [0.5, 0.6) is 0 Å². The molecule has 0 saturated carbocycles. The van der Waals surface area contributed by atoms with Crippen LogP contribution in [0.3, 0.4) is 0 Å². The van der Waals surface area contributed by atoms with E-state index >= 15 is 0 Å². The molecule has 0 aliphatic heterocycles. The zero-order chi connectivity index (χ0) is 12.8. The van der Waals surface area contributed by atoms with Gasteiger partial charge in [0, 0.05) is 4.88 Å². The second-order valence-electron chi connectivity index (χ2n) is 3.87. The Labute approximate surface area is 111 Å². The molecule has 2 nitrogen and oxygen atoms in total. The number of nitrogens with one attached hydrogen (secondary N) is 1. The van der Waals surface area contributed by atoms with E-state index in [-0.39, 0.29) is 11.9 Å². The van der Waals surface area contributed by atoms with Gasteiger partial charge in [-0.2, -0.15) is 0 Å². The second-order valence-corrected chi connectivity index (χ2v) is 4.85. The Kier molecular flexibility index (Phi) is 4.31. The highest BCUT2D eigenvalue weighted by Gasteiger charge is 2.16. The summed E-state index contributed by atoms with van der Waals surface area (Å²) in [7, 11) is 0. The Bertz CT molecular complexity index is 517. The molecule has 0 saturated heterocycles. The maximum Gasteiger partial charge on any atom is 0.244 e. The molecule has 1 N–H and O–H groups in total. The van der Waals surface area contributed by atoms with Crippen LogP contribution in [0.15, 0.2) is 60.0 Å². The van der Waals surface area contributed by atoms with Gasteiger partial charge >= 0.3 is 0 Å². The van der Waals surface area contributed by atoms with Crippen LogP contribution in [0.1, 0.15) is 23.4 Å². The Morgan fingerprint density at radius 1 is 1.22 bits per heavy atom. The Balaban J connectivity index is 2.27. The van der Waals surface area contributed by atoms with Gasteiger partial charge in [-0.1, -0.05) is 42.5 Å². The second kappa shape index (κ2) is 6.17. The molecule has 1 aromatic heterocycles. The Morgan fingerprint density at radius 3 is 2.61 bits per heavy atom. The summed E-state index contributed by atoms with van der Waals surface area (Å²) in [6, 6.07) is 14.0. The van der Waals surface area contributed by atoms with Gasteiger partial charge in [-0.25, -0.2) is 0 Å². The van der Waals surface area contributed by atoms with Gasteiger partial charge in [-0.3, -0.25) is 4.79 Å². The lowest BCUT2D eigenvalue weighted by Gasteiger charge is -2.16. The maximum absolute atomic E-state index is 11.7. The smallest absolute Gasteiger partial charge is 0.244 e. The van der Waals surface area contributed by atoms with Crippen LogP contribution in [0.4, 0.5) is 0 Å². The van der Waals surface area contributed by atoms with Crippen molar-refractivity contribution in [1.82, 2.24) is 5.32 Å². The van der Waals surface area contributed by atoms with Crippen LogP contribution in [0.25, 0.3) is 0 Å². The quantitative estimate of drug-likeness (QED) is 0.834. The molecule has 0 spiro atoms. The largest absolute Gasteiger partial charge is 0.341 e. The number of carbonyl (C=O) groups excluding carboxylic acids is 1. The number of rotatable bonds is 4. The number of benzene rings is 1. The predicted octanol–water partition coefficient (Wildman–Crippen LogP) is 3.53. The molecule has 0 bridgehead atoms. The highest BCUT2D eigenvalue weighted by atomic mass is 32.1. The van der Waals surface area contributed by atoms with E-state index in [0.29, 0.717) is 0 Å². The summed E-state index contributed by atoms with van der Waals surface area (Å²) in [6.07, 6.45) is 3.29. The molecule has 1 aromatic carbocycles. The fourth-order valence-electron chi connectivity index (χ4n) is 1.76. The van der Waals surface area contributed by atoms with Gasteiger partial charge < -0.3 is 5.32 Å². The van der Waals surface area contributed by atoms with Gasteiger partial charge in [0.25, 0.3) is 0 Å². The van der Waals surface area contributed by atoms with Crippen LogP contribution in [-0.2, 0) is 4.79 Å². The third-order valence-electron chi connectivity index (χ3n) is 2.57. The van der Waals surface area contributed by atoms with Crippen LogP contribution in [-0.4, -0.2) is 5.91 Å². The van der Waals surface area contributed by atoms with E-state index in [1.165, 1.54) is 0 Å². The number of amides is 1. The van der Waals surface area contributed by atoms with Gasteiger partial charge in [-0.15, -0.1) is 11.3 Å². The van der Waals surface area contributed by atoms with E-state index < -0.39 is 0 Å². The van der Waals surface area contributed by atoms with Crippen molar-refractivity contribution in [3.8, 4) is 0 Å². The number of thiophene rings is 1. The maximum atomic E-state index is 11.7. The molecule has 1 amide bonds. The summed E-state index contributed by atoms with van der Waals surface area (Å²) in [6.45, 7) is 1.84. The van der Waals surface area contributed by atoms with Crippen molar-refractivity contribution in [3.63, 3.8) is 0 Å². The van der Waals surface area contributed by atoms with Gasteiger partial charge in [0.1, 0.15) is 0 Å². The molecule has 1 unspecified atom stereocenters. The van der Waals surface area contributed by atoms with Gasteiger partial charge in [-0.05, 0) is 30.0 Å². The summed E-state index contributed by atoms with van der Waals surface area (Å²) in [5, 5.41) is 5.04. The molecule has 1 heterocycles. The zero-order valence-corrected chi connectivity index (χ0v) is 11.0. The van der Waals surface area contributed by atoms with Crippen molar-refractivity contribution >= 4 is 17.2 Å². The molecule has 2 aromatic rings. The third kappa shape index (κ3) is 3.08. The lowest BCUT2D eigenvalue weighted by Crippen LogP contribution is -2.27. The lowest BCUT2D eigenvalue weighted by molar-refractivity contribution is -0.117. The van der Waals surface area contributed by atoms with Crippen molar-refractivity contribution in [2.24, 2.45) is 0 Å². The minimum atomic E-state index is -0.0742. The van der Waals surface area contributed by atoms with Gasteiger partial charge in [0.15, 0.2) is 0 Å². The minimum absolute atomic E-state index is 0.0697. The molecule has 3 heteroatoms. The van der Waals surface area contributed by atoms with Crippen molar-refractivity contribution in [2.45, 2.75) is 13.0 Å². The summed E-state index contributed by atoms with van der Waals surface area (Å²) in [5.41, 5.74) is 1.10. The molecular formula is C15H15NOS. The molecule has 2 rings (SSSR count). The van der Waals surface area contributed by atoms with Crippen molar-refractivity contribution in [3.05, 3.63) is 70.4 Å². The number of allylic oxidation sites excluding steroid dienone is 1. The average Bonchev–Trinajstić information content (AvgIpc) is 2.91. The topological polar surface area (TPSA) is 29.1 Å². The lowest BCUT2D eigenvalue weighted by atomic mass is 10.1. The van der Waals surface area contributed by atoms with Gasteiger partial charge in [0.05, 0.1) is 6.04 Å². The van der Waals surface area contributed by atoms with Crippen LogP contribution in [0.2, 0.25) is 0 Å².